The van der Waals surface area contributed by atoms with E-state index in [1.807, 2.05) is 0 Å². The van der Waals surface area contributed by atoms with Gasteiger partial charge in [0.25, 0.3) is 5.91 Å². The van der Waals surface area contributed by atoms with E-state index in [0.29, 0.717) is 28.7 Å². The van der Waals surface area contributed by atoms with E-state index in [9.17, 15) is 9.59 Å². The molecule has 1 aromatic carbocycles. The van der Waals surface area contributed by atoms with E-state index in [2.05, 4.69) is 26.6 Å². The zero-order valence-electron chi connectivity index (χ0n) is 9.00. The Morgan fingerprint density at radius 2 is 2.29 bits per heavy atom. The lowest BCUT2D eigenvalue weighted by Crippen LogP contribution is -2.36. The molecule has 0 saturated carbocycles. The van der Waals surface area contributed by atoms with Gasteiger partial charge in [-0.05, 0) is 28.1 Å². The predicted molar refractivity (Wildman–Crippen MR) is 67.4 cm³/mol. The van der Waals surface area contributed by atoms with Crippen molar-refractivity contribution in [2.24, 2.45) is 0 Å². The molecule has 90 valence electrons. The molecule has 0 spiro atoms. The summed E-state index contributed by atoms with van der Waals surface area (Å²) in [6, 6.07) is 4.96. The molecular weight excluding hydrogens is 286 g/mol. The van der Waals surface area contributed by atoms with Crippen LogP contribution in [0, 0.1) is 0 Å². The van der Waals surface area contributed by atoms with Crippen molar-refractivity contribution in [3.05, 3.63) is 28.2 Å². The first kappa shape index (κ1) is 11.9. The first-order valence-electron chi connectivity index (χ1n) is 5.19. The van der Waals surface area contributed by atoms with Gasteiger partial charge >= 0.3 is 0 Å². The zero-order chi connectivity index (χ0) is 12.4. The quantitative estimate of drug-likeness (QED) is 0.701. The largest absolute Gasteiger partial charge is 0.398 e. The third-order valence-electron chi connectivity index (χ3n) is 2.59. The zero-order valence-corrected chi connectivity index (χ0v) is 10.6. The number of amides is 2. The van der Waals surface area contributed by atoms with E-state index in [1.165, 1.54) is 0 Å². The third kappa shape index (κ3) is 2.58. The van der Waals surface area contributed by atoms with Crippen molar-refractivity contribution in [1.29, 1.82) is 0 Å². The molecule has 1 heterocycles. The fourth-order valence-corrected chi connectivity index (χ4v) is 2.14. The molecule has 0 bridgehead atoms. The minimum absolute atomic E-state index is 0.0399. The average molecular weight is 298 g/mol. The third-order valence-corrected chi connectivity index (χ3v) is 3.47. The van der Waals surface area contributed by atoms with Crippen LogP contribution in [0.15, 0.2) is 22.7 Å². The Balaban J connectivity index is 2.09. The molecule has 1 fully saturated rings. The minimum atomic E-state index is -0.231. The summed E-state index contributed by atoms with van der Waals surface area (Å²) < 4.78 is 0.579. The molecule has 1 aliphatic rings. The molecule has 0 radical (unpaired) electrons. The number of benzene rings is 1. The van der Waals surface area contributed by atoms with Crippen LogP contribution in [0.25, 0.3) is 0 Å². The SMILES string of the molecule is Nc1cccc(C(=O)NC2CNC(=O)C2)c1Br. The normalized spacial score (nSPS) is 18.9. The number of nitrogens with two attached hydrogens (primary N) is 1. The lowest BCUT2D eigenvalue weighted by atomic mass is 10.1. The van der Waals surface area contributed by atoms with Crippen LogP contribution >= 0.6 is 15.9 Å². The molecule has 2 amide bonds. The summed E-state index contributed by atoms with van der Waals surface area (Å²) in [6.07, 6.45) is 0.325. The summed E-state index contributed by atoms with van der Waals surface area (Å²) in [5.74, 6) is -0.271. The second-order valence-corrected chi connectivity index (χ2v) is 4.68. The Kier molecular flexibility index (Phi) is 3.33. The number of rotatable bonds is 2. The molecule has 1 aliphatic heterocycles. The van der Waals surface area contributed by atoms with Crippen LogP contribution < -0.4 is 16.4 Å². The van der Waals surface area contributed by atoms with Gasteiger partial charge in [0.05, 0.1) is 16.1 Å². The van der Waals surface area contributed by atoms with Crippen LogP contribution in [-0.2, 0) is 4.79 Å². The Labute approximate surface area is 107 Å². The highest BCUT2D eigenvalue weighted by Crippen LogP contribution is 2.23. The summed E-state index contributed by atoms with van der Waals surface area (Å²) in [6.45, 7) is 0.477. The fraction of sp³-hybridized carbons (Fsp3) is 0.273. The fourth-order valence-electron chi connectivity index (χ4n) is 1.70. The molecule has 1 atom stereocenters. The average Bonchev–Trinajstić information content (AvgIpc) is 2.68. The van der Waals surface area contributed by atoms with Crippen molar-refractivity contribution in [2.45, 2.75) is 12.5 Å². The molecule has 6 heteroatoms. The molecular formula is C11H12BrN3O2. The van der Waals surface area contributed by atoms with E-state index >= 15 is 0 Å². The van der Waals surface area contributed by atoms with Crippen LogP contribution in [0.3, 0.4) is 0 Å². The standard InChI is InChI=1S/C11H12BrN3O2/c12-10-7(2-1-3-8(10)13)11(17)15-6-4-9(16)14-5-6/h1-3,6H,4-5,13H2,(H,14,16)(H,15,17). The van der Waals surface area contributed by atoms with Crippen molar-refractivity contribution < 1.29 is 9.59 Å². The van der Waals surface area contributed by atoms with Gasteiger partial charge in [-0.3, -0.25) is 9.59 Å². The number of anilines is 1. The number of nitrogen functional groups attached to an aromatic ring is 1. The summed E-state index contributed by atoms with van der Waals surface area (Å²) in [5, 5.41) is 5.45. The first-order valence-corrected chi connectivity index (χ1v) is 5.99. The van der Waals surface area contributed by atoms with Crippen molar-refractivity contribution in [1.82, 2.24) is 10.6 Å². The van der Waals surface area contributed by atoms with Crippen molar-refractivity contribution in [2.75, 3.05) is 12.3 Å². The van der Waals surface area contributed by atoms with Gasteiger partial charge in [0.1, 0.15) is 0 Å². The van der Waals surface area contributed by atoms with Crippen LogP contribution in [0.1, 0.15) is 16.8 Å². The molecule has 1 saturated heterocycles. The Morgan fingerprint density at radius 1 is 1.53 bits per heavy atom. The van der Waals surface area contributed by atoms with E-state index < -0.39 is 0 Å². The minimum Gasteiger partial charge on any atom is -0.398 e. The summed E-state index contributed by atoms with van der Waals surface area (Å²) in [4.78, 5) is 22.9. The van der Waals surface area contributed by atoms with Gasteiger partial charge in [-0.2, -0.15) is 0 Å². The maximum absolute atomic E-state index is 11.9. The lowest BCUT2D eigenvalue weighted by molar-refractivity contribution is -0.119. The summed E-state index contributed by atoms with van der Waals surface area (Å²) in [5.41, 5.74) is 6.68. The number of nitrogens with one attached hydrogen (secondary N) is 2. The monoisotopic (exact) mass is 297 g/mol. The maximum Gasteiger partial charge on any atom is 0.252 e. The topological polar surface area (TPSA) is 84.2 Å². The smallest absolute Gasteiger partial charge is 0.252 e. The first-order chi connectivity index (χ1) is 8.08. The molecule has 0 aliphatic carbocycles. The van der Waals surface area contributed by atoms with Gasteiger partial charge < -0.3 is 16.4 Å². The van der Waals surface area contributed by atoms with Crippen molar-refractivity contribution >= 4 is 33.4 Å². The van der Waals surface area contributed by atoms with Gasteiger partial charge in [0.15, 0.2) is 0 Å². The van der Waals surface area contributed by atoms with Crippen LogP contribution in [0.5, 0.6) is 0 Å². The molecule has 1 aromatic rings. The number of halogens is 1. The van der Waals surface area contributed by atoms with Gasteiger partial charge in [0, 0.05) is 18.7 Å². The van der Waals surface area contributed by atoms with E-state index in [0.717, 1.165) is 0 Å². The molecule has 2 rings (SSSR count). The highest BCUT2D eigenvalue weighted by Gasteiger charge is 2.24. The predicted octanol–water partition coefficient (Wildman–Crippen LogP) is 0.650. The van der Waals surface area contributed by atoms with E-state index in [4.69, 9.17) is 5.73 Å². The van der Waals surface area contributed by atoms with Gasteiger partial charge in [-0.25, -0.2) is 0 Å². The van der Waals surface area contributed by atoms with E-state index in [-0.39, 0.29) is 17.9 Å². The number of carbonyl (C=O) groups is 2. The van der Waals surface area contributed by atoms with Crippen LogP contribution in [0.4, 0.5) is 5.69 Å². The highest BCUT2D eigenvalue weighted by molar-refractivity contribution is 9.10. The van der Waals surface area contributed by atoms with Crippen molar-refractivity contribution in [3.63, 3.8) is 0 Å². The maximum atomic E-state index is 11.9. The Morgan fingerprint density at radius 3 is 2.94 bits per heavy atom. The number of carbonyl (C=O) groups excluding carboxylic acids is 2. The summed E-state index contributed by atoms with van der Waals surface area (Å²) >= 11 is 3.27. The molecule has 4 N–H and O–H groups in total. The second-order valence-electron chi connectivity index (χ2n) is 3.89. The molecule has 1 unspecified atom stereocenters. The van der Waals surface area contributed by atoms with Gasteiger partial charge in [0.2, 0.25) is 5.91 Å². The molecule has 0 aromatic heterocycles. The number of hydrogen-bond acceptors (Lipinski definition) is 3. The lowest BCUT2D eigenvalue weighted by Gasteiger charge is -2.12. The Hall–Kier alpha value is -1.56. The van der Waals surface area contributed by atoms with Gasteiger partial charge in [-0.1, -0.05) is 6.07 Å². The summed E-state index contributed by atoms with van der Waals surface area (Å²) in [7, 11) is 0. The van der Waals surface area contributed by atoms with Gasteiger partial charge in [-0.15, -0.1) is 0 Å². The van der Waals surface area contributed by atoms with Crippen LogP contribution in [0.2, 0.25) is 0 Å². The Bertz CT molecular complexity index is 476. The number of hydrogen-bond donors (Lipinski definition) is 3. The van der Waals surface area contributed by atoms with Crippen molar-refractivity contribution in [3.8, 4) is 0 Å². The van der Waals surface area contributed by atoms with E-state index in [1.54, 1.807) is 18.2 Å². The second kappa shape index (κ2) is 4.75. The van der Waals surface area contributed by atoms with Crippen LogP contribution in [-0.4, -0.2) is 24.4 Å². The molecule has 5 nitrogen and oxygen atoms in total. The molecule has 17 heavy (non-hydrogen) atoms. The highest BCUT2D eigenvalue weighted by atomic mass is 79.9.